The van der Waals surface area contributed by atoms with Crippen LogP contribution in [0.15, 0.2) is 40.3 Å². The topological polar surface area (TPSA) is 59.9 Å². The lowest BCUT2D eigenvalue weighted by Crippen LogP contribution is -2.20. The molecule has 0 heterocycles. The molecule has 0 atom stereocenters. The van der Waals surface area contributed by atoms with Crippen LogP contribution < -0.4 is 14.9 Å². The third kappa shape index (κ3) is 7.14. The predicted octanol–water partition coefficient (Wildman–Crippen LogP) is 5.60. The van der Waals surface area contributed by atoms with E-state index in [-0.39, 0.29) is 12.3 Å². The highest BCUT2D eigenvalue weighted by Gasteiger charge is 2.12. The summed E-state index contributed by atoms with van der Waals surface area (Å²) >= 11 is 13.9. The molecule has 0 fully saturated rings. The Kier molecular flexibility index (Phi) is 9.64. The van der Waals surface area contributed by atoms with E-state index in [0.29, 0.717) is 40.3 Å². The number of benzene rings is 2. The fourth-order valence-corrected chi connectivity index (χ4v) is 3.61. The van der Waals surface area contributed by atoms with Crippen LogP contribution in [0.25, 0.3) is 0 Å². The Hall–Kier alpha value is -1.89. The highest BCUT2D eigenvalue weighted by Crippen LogP contribution is 2.36. The number of hydrazone groups is 1. The minimum atomic E-state index is -0.238. The molecule has 1 N–H and O–H groups in total. The average molecular weight is 455 g/mol. The molecule has 2 aromatic rings. The molecule has 5 nitrogen and oxygen atoms in total. The first-order valence-corrected chi connectivity index (χ1v) is 11.2. The molecule has 156 valence electrons. The molecule has 8 heteroatoms. The molecule has 0 saturated heterocycles. The van der Waals surface area contributed by atoms with E-state index in [1.165, 1.54) is 6.21 Å². The summed E-state index contributed by atoms with van der Waals surface area (Å²) in [6.45, 7) is 4.93. The number of nitrogens with one attached hydrogen (secondary N) is 1. The van der Waals surface area contributed by atoms with Crippen molar-refractivity contribution in [2.24, 2.45) is 5.10 Å². The van der Waals surface area contributed by atoms with Gasteiger partial charge in [0.05, 0.1) is 30.9 Å². The molecule has 1 amide bonds. The van der Waals surface area contributed by atoms with Gasteiger partial charge in [0, 0.05) is 9.92 Å². The van der Waals surface area contributed by atoms with Crippen LogP contribution in [-0.2, 0) is 11.2 Å². The number of halogens is 2. The average Bonchev–Trinajstić information content (AvgIpc) is 2.68. The van der Waals surface area contributed by atoms with E-state index in [4.69, 9.17) is 32.7 Å². The van der Waals surface area contributed by atoms with Crippen molar-refractivity contribution in [1.82, 2.24) is 5.43 Å². The predicted molar refractivity (Wildman–Crippen MR) is 121 cm³/mol. The molecule has 0 aliphatic heterocycles. The van der Waals surface area contributed by atoms with Crippen LogP contribution in [-0.4, -0.2) is 31.6 Å². The van der Waals surface area contributed by atoms with Gasteiger partial charge in [-0.3, -0.25) is 4.79 Å². The van der Waals surface area contributed by atoms with Gasteiger partial charge in [-0.05, 0) is 61.1 Å². The van der Waals surface area contributed by atoms with Gasteiger partial charge in [-0.1, -0.05) is 30.1 Å². The molecule has 29 heavy (non-hydrogen) atoms. The third-order valence-corrected chi connectivity index (χ3v) is 5.13. The molecule has 0 saturated carbocycles. The largest absolute Gasteiger partial charge is 0.490 e. The molecule has 0 bridgehead atoms. The summed E-state index contributed by atoms with van der Waals surface area (Å²) in [7, 11) is 0. The number of carbonyl (C=O) groups excluding carboxylic acids is 1. The Balaban J connectivity index is 2.07. The molecular weight excluding hydrogens is 431 g/mol. The van der Waals surface area contributed by atoms with Gasteiger partial charge in [0.1, 0.15) is 0 Å². The normalized spacial score (nSPS) is 10.9. The molecule has 2 rings (SSSR count). The highest BCUT2D eigenvalue weighted by atomic mass is 35.5. The summed E-state index contributed by atoms with van der Waals surface area (Å²) in [5.41, 5.74) is 4.08. The minimum absolute atomic E-state index is 0.183. The molecule has 2 aromatic carbocycles. The van der Waals surface area contributed by atoms with E-state index in [1.807, 2.05) is 26.2 Å². The van der Waals surface area contributed by atoms with Gasteiger partial charge >= 0.3 is 0 Å². The first kappa shape index (κ1) is 23.4. The van der Waals surface area contributed by atoms with E-state index in [1.54, 1.807) is 36.0 Å². The lowest BCUT2D eigenvalue weighted by molar-refractivity contribution is -0.120. The fraction of sp³-hybridized carbons (Fsp3) is 0.333. The number of thioether (sulfide) groups is 1. The smallest absolute Gasteiger partial charge is 0.244 e. The quantitative estimate of drug-likeness (QED) is 0.288. The second-order valence-corrected chi connectivity index (χ2v) is 7.73. The first-order chi connectivity index (χ1) is 14.0. The molecule has 0 aliphatic carbocycles. The van der Waals surface area contributed by atoms with Gasteiger partial charge < -0.3 is 9.47 Å². The molecule has 0 aromatic heterocycles. The zero-order valence-corrected chi connectivity index (χ0v) is 19.0. The number of hydrogen-bond donors (Lipinski definition) is 1. The van der Waals surface area contributed by atoms with Crippen LogP contribution in [0, 0.1) is 0 Å². The Morgan fingerprint density at radius 1 is 1.21 bits per heavy atom. The van der Waals surface area contributed by atoms with E-state index < -0.39 is 0 Å². The van der Waals surface area contributed by atoms with Crippen molar-refractivity contribution >= 4 is 47.1 Å². The summed E-state index contributed by atoms with van der Waals surface area (Å²) < 4.78 is 11.3. The van der Waals surface area contributed by atoms with Gasteiger partial charge in [0.15, 0.2) is 11.5 Å². The van der Waals surface area contributed by atoms with E-state index in [0.717, 1.165) is 16.9 Å². The number of hydrogen-bond acceptors (Lipinski definition) is 5. The Morgan fingerprint density at radius 2 is 2.00 bits per heavy atom. The van der Waals surface area contributed by atoms with Gasteiger partial charge in [-0.15, -0.1) is 11.8 Å². The van der Waals surface area contributed by atoms with E-state index >= 15 is 0 Å². The maximum Gasteiger partial charge on any atom is 0.244 e. The van der Waals surface area contributed by atoms with Gasteiger partial charge in [0.2, 0.25) is 5.91 Å². The van der Waals surface area contributed by atoms with Crippen molar-refractivity contribution in [1.29, 1.82) is 0 Å². The third-order valence-electron chi connectivity index (χ3n) is 3.78. The summed E-state index contributed by atoms with van der Waals surface area (Å²) in [6, 6.07) is 8.99. The van der Waals surface area contributed by atoms with Crippen LogP contribution in [0.4, 0.5) is 0 Å². The van der Waals surface area contributed by atoms with E-state index in [2.05, 4.69) is 10.5 Å². The SMILES string of the molecule is CCCOc1c(Cl)cc(/C=N\NC(=O)Cc2cc(Cl)ccc2SC)cc1OCC. The van der Waals surface area contributed by atoms with Crippen LogP contribution in [0.2, 0.25) is 10.0 Å². The number of carbonyl (C=O) groups is 1. The van der Waals surface area contributed by atoms with Crippen molar-refractivity contribution in [2.75, 3.05) is 19.5 Å². The van der Waals surface area contributed by atoms with Gasteiger partial charge in [0.25, 0.3) is 0 Å². The maximum atomic E-state index is 12.2. The summed E-state index contributed by atoms with van der Waals surface area (Å²) in [4.78, 5) is 13.2. The molecular formula is C21H24Cl2N2O3S. The second kappa shape index (κ2) is 12.0. The van der Waals surface area contributed by atoms with Crippen LogP contribution in [0.1, 0.15) is 31.4 Å². The zero-order chi connectivity index (χ0) is 21.2. The fourth-order valence-electron chi connectivity index (χ4n) is 2.55. The number of rotatable bonds is 10. The van der Waals surface area contributed by atoms with Crippen LogP contribution in [0.3, 0.4) is 0 Å². The summed E-state index contributed by atoms with van der Waals surface area (Å²) in [5.74, 6) is 0.824. The number of ether oxygens (including phenoxy) is 2. The van der Waals surface area contributed by atoms with Gasteiger partial charge in [-0.2, -0.15) is 5.10 Å². The molecule has 0 aliphatic rings. The van der Waals surface area contributed by atoms with Crippen LogP contribution in [0.5, 0.6) is 11.5 Å². The van der Waals surface area contributed by atoms with Crippen molar-refractivity contribution in [3.05, 3.63) is 51.5 Å². The van der Waals surface area contributed by atoms with Crippen molar-refractivity contribution in [3.63, 3.8) is 0 Å². The summed E-state index contributed by atoms with van der Waals surface area (Å²) in [6.07, 6.45) is 4.52. The Labute approximate surface area is 185 Å². The number of amides is 1. The van der Waals surface area contributed by atoms with E-state index in [9.17, 15) is 4.79 Å². The maximum absolute atomic E-state index is 12.2. The Bertz CT molecular complexity index is 875. The highest BCUT2D eigenvalue weighted by molar-refractivity contribution is 7.98. The second-order valence-electron chi connectivity index (χ2n) is 6.04. The molecule has 0 unspecified atom stereocenters. The lowest BCUT2D eigenvalue weighted by atomic mass is 10.1. The summed E-state index contributed by atoms with van der Waals surface area (Å²) in [5, 5.41) is 5.06. The van der Waals surface area contributed by atoms with Gasteiger partial charge in [-0.25, -0.2) is 5.43 Å². The number of nitrogens with zero attached hydrogens (tertiary/aromatic N) is 1. The standard InChI is InChI=1S/C21H24Cl2N2O3S/c1-4-8-28-21-17(23)9-14(10-18(21)27-5-2)13-24-25-20(26)12-15-11-16(22)6-7-19(15)29-3/h6-7,9-11,13H,4-5,8,12H2,1-3H3,(H,25,26)/b24-13-. The Morgan fingerprint density at radius 3 is 2.69 bits per heavy atom. The van der Waals surface area contributed by atoms with Crippen molar-refractivity contribution in [3.8, 4) is 11.5 Å². The van der Waals surface area contributed by atoms with Crippen molar-refractivity contribution < 1.29 is 14.3 Å². The molecule has 0 spiro atoms. The first-order valence-electron chi connectivity index (χ1n) is 9.21. The minimum Gasteiger partial charge on any atom is -0.490 e. The lowest BCUT2D eigenvalue weighted by Gasteiger charge is -2.13. The molecule has 0 radical (unpaired) electrons. The van der Waals surface area contributed by atoms with Crippen LogP contribution >= 0.6 is 35.0 Å². The zero-order valence-electron chi connectivity index (χ0n) is 16.6. The monoisotopic (exact) mass is 454 g/mol. The van der Waals surface area contributed by atoms with Crippen molar-refractivity contribution in [2.45, 2.75) is 31.6 Å².